The van der Waals surface area contributed by atoms with Crippen LogP contribution in [-0.4, -0.2) is 16.7 Å². The Balaban J connectivity index is 2.46. The quantitative estimate of drug-likeness (QED) is 0.945. The SMILES string of the molecule is COc1ccc(Br)cc1C(N)c1nccn1C. The molecule has 0 aliphatic carbocycles. The number of benzene rings is 1. The third kappa shape index (κ3) is 2.35. The number of aromatic nitrogens is 2. The lowest BCUT2D eigenvalue weighted by atomic mass is 10.1. The van der Waals surface area contributed by atoms with Gasteiger partial charge in [-0.15, -0.1) is 0 Å². The standard InChI is InChI=1S/C12H14BrN3O/c1-16-6-5-15-12(16)11(14)9-7-8(13)3-4-10(9)17-2/h3-7,11H,14H2,1-2H3. The van der Waals surface area contributed by atoms with E-state index in [-0.39, 0.29) is 6.04 Å². The molecule has 1 atom stereocenters. The highest BCUT2D eigenvalue weighted by Gasteiger charge is 2.17. The van der Waals surface area contributed by atoms with Crippen LogP contribution in [0.2, 0.25) is 0 Å². The fourth-order valence-electron chi connectivity index (χ4n) is 1.76. The number of hydrogen-bond donors (Lipinski definition) is 1. The molecule has 0 saturated heterocycles. The van der Waals surface area contributed by atoms with Gasteiger partial charge in [0.1, 0.15) is 11.6 Å². The summed E-state index contributed by atoms with van der Waals surface area (Å²) in [7, 11) is 3.56. The molecular formula is C12H14BrN3O. The maximum absolute atomic E-state index is 6.22. The highest BCUT2D eigenvalue weighted by atomic mass is 79.9. The van der Waals surface area contributed by atoms with Gasteiger partial charge in [0, 0.05) is 29.5 Å². The van der Waals surface area contributed by atoms with Crippen molar-refractivity contribution >= 4 is 15.9 Å². The summed E-state index contributed by atoms with van der Waals surface area (Å²) in [6.45, 7) is 0. The molecule has 2 aromatic rings. The molecule has 0 saturated carbocycles. The number of nitrogens with zero attached hydrogens (tertiary/aromatic N) is 2. The van der Waals surface area contributed by atoms with E-state index in [0.29, 0.717) is 0 Å². The molecule has 0 bridgehead atoms. The van der Waals surface area contributed by atoms with Crippen molar-refractivity contribution in [3.05, 3.63) is 46.5 Å². The molecule has 0 amide bonds. The number of hydrogen-bond acceptors (Lipinski definition) is 3. The normalized spacial score (nSPS) is 12.5. The molecule has 2 N–H and O–H groups in total. The summed E-state index contributed by atoms with van der Waals surface area (Å²) in [5, 5.41) is 0. The number of halogens is 1. The summed E-state index contributed by atoms with van der Waals surface area (Å²) in [5.41, 5.74) is 7.14. The van der Waals surface area contributed by atoms with Crippen LogP contribution < -0.4 is 10.5 Å². The minimum atomic E-state index is -0.303. The molecule has 0 spiro atoms. The molecule has 4 nitrogen and oxygen atoms in total. The average Bonchev–Trinajstić information content (AvgIpc) is 2.74. The Bertz CT molecular complexity index is 524. The largest absolute Gasteiger partial charge is 0.496 e. The lowest BCUT2D eigenvalue weighted by molar-refractivity contribution is 0.407. The van der Waals surface area contributed by atoms with Gasteiger partial charge >= 0.3 is 0 Å². The highest BCUT2D eigenvalue weighted by Crippen LogP contribution is 2.30. The minimum Gasteiger partial charge on any atom is -0.496 e. The minimum absolute atomic E-state index is 0.303. The van der Waals surface area contributed by atoms with Gasteiger partial charge in [0.2, 0.25) is 0 Å². The summed E-state index contributed by atoms with van der Waals surface area (Å²) in [6.07, 6.45) is 3.61. The number of aryl methyl sites for hydroxylation is 1. The second kappa shape index (κ2) is 4.89. The maximum atomic E-state index is 6.22. The van der Waals surface area contributed by atoms with Gasteiger partial charge < -0.3 is 15.0 Å². The van der Waals surface area contributed by atoms with Crippen LogP contribution in [0.4, 0.5) is 0 Å². The van der Waals surface area contributed by atoms with Crippen LogP contribution in [0.5, 0.6) is 5.75 Å². The Morgan fingerprint density at radius 2 is 2.24 bits per heavy atom. The molecule has 5 heteroatoms. The van der Waals surface area contributed by atoms with Crippen molar-refractivity contribution in [3.8, 4) is 5.75 Å². The van der Waals surface area contributed by atoms with E-state index >= 15 is 0 Å². The topological polar surface area (TPSA) is 53.1 Å². The first-order chi connectivity index (χ1) is 8.13. The van der Waals surface area contributed by atoms with E-state index < -0.39 is 0 Å². The maximum Gasteiger partial charge on any atom is 0.130 e. The van der Waals surface area contributed by atoms with Gasteiger partial charge in [-0.1, -0.05) is 15.9 Å². The van der Waals surface area contributed by atoms with Crippen molar-refractivity contribution < 1.29 is 4.74 Å². The molecule has 0 radical (unpaired) electrons. The Kier molecular flexibility index (Phi) is 3.49. The molecule has 0 fully saturated rings. The van der Waals surface area contributed by atoms with Gasteiger partial charge in [-0.3, -0.25) is 0 Å². The Morgan fingerprint density at radius 3 is 2.82 bits per heavy atom. The molecular weight excluding hydrogens is 282 g/mol. The predicted octanol–water partition coefficient (Wildman–Crippen LogP) is 2.24. The van der Waals surface area contributed by atoms with Crippen molar-refractivity contribution in [2.24, 2.45) is 12.8 Å². The molecule has 90 valence electrons. The second-order valence-corrected chi connectivity index (χ2v) is 4.68. The predicted molar refractivity (Wildman–Crippen MR) is 69.9 cm³/mol. The van der Waals surface area contributed by atoms with Gasteiger partial charge in [0.25, 0.3) is 0 Å². The van der Waals surface area contributed by atoms with E-state index in [0.717, 1.165) is 21.6 Å². The number of ether oxygens (including phenoxy) is 1. The fourth-order valence-corrected chi connectivity index (χ4v) is 2.14. The first-order valence-electron chi connectivity index (χ1n) is 5.19. The van der Waals surface area contributed by atoms with Crippen molar-refractivity contribution in [1.29, 1.82) is 0 Å². The van der Waals surface area contributed by atoms with Crippen LogP contribution in [-0.2, 0) is 7.05 Å². The van der Waals surface area contributed by atoms with Crippen LogP contribution >= 0.6 is 15.9 Å². The number of rotatable bonds is 3. The van der Waals surface area contributed by atoms with E-state index in [2.05, 4.69) is 20.9 Å². The number of imidazole rings is 1. The van der Waals surface area contributed by atoms with Gasteiger partial charge in [-0.25, -0.2) is 4.98 Å². The second-order valence-electron chi connectivity index (χ2n) is 3.76. The van der Waals surface area contributed by atoms with Crippen molar-refractivity contribution in [2.45, 2.75) is 6.04 Å². The molecule has 2 rings (SSSR count). The van der Waals surface area contributed by atoms with E-state index in [4.69, 9.17) is 10.5 Å². The van der Waals surface area contributed by atoms with Gasteiger partial charge in [0.15, 0.2) is 0 Å². The summed E-state index contributed by atoms with van der Waals surface area (Å²) in [4.78, 5) is 4.26. The van der Waals surface area contributed by atoms with Crippen molar-refractivity contribution in [2.75, 3.05) is 7.11 Å². The van der Waals surface area contributed by atoms with Crippen LogP contribution in [0, 0.1) is 0 Å². The van der Waals surface area contributed by atoms with E-state index in [1.165, 1.54) is 0 Å². The third-order valence-electron chi connectivity index (χ3n) is 2.66. The van der Waals surface area contributed by atoms with Crippen molar-refractivity contribution in [1.82, 2.24) is 9.55 Å². The zero-order valence-electron chi connectivity index (χ0n) is 9.72. The van der Waals surface area contributed by atoms with E-state index in [1.807, 2.05) is 36.0 Å². The average molecular weight is 296 g/mol. The molecule has 0 aliphatic rings. The first-order valence-corrected chi connectivity index (χ1v) is 5.99. The molecule has 1 aromatic heterocycles. The molecule has 1 unspecified atom stereocenters. The zero-order valence-corrected chi connectivity index (χ0v) is 11.3. The lowest BCUT2D eigenvalue weighted by Gasteiger charge is -2.15. The number of methoxy groups -OCH3 is 1. The molecule has 17 heavy (non-hydrogen) atoms. The van der Waals surface area contributed by atoms with Gasteiger partial charge in [-0.05, 0) is 18.2 Å². The fraction of sp³-hybridized carbons (Fsp3) is 0.250. The highest BCUT2D eigenvalue weighted by molar-refractivity contribution is 9.10. The Hall–Kier alpha value is -1.33. The summed E-state index contributed by atoms with van der Waals surface area (Å²) < 4.78 is 8.20. The lowest BCUT2D eigenvalue weighted by Crippen LogP contribution is -2.17. The van der Waals surface area contributed by atoms with Crippen LogP contribution in [0.1, 0.15) is 17.4 Å². The van der Waals surface area contributed by atoms with Crippen LogP contribution in [0.3, 0.4) is 0 Å². The number of nitrogens with two attached hydrogens (primary N) is 1. The van der Waals surface area contributed by atoms with Crippen LogP contribution in [0.25, 0.3) is 0 Å². The first kappa shape index (κ1) is 12.1. The smallest absolute Gasteiger partial charge is 0.130 e. The molecule has 1 heterocycles. The molecule has 0 aliphatic heterocycles. The Morgan fingerprint density at radius 1 is 1.47 bits per heavy atom. The van der Waals surface area contributed by atoms with Crippen LogP contribution in [0.15, 0.2) is 35.1 Å². The van der Waals surface area contributed by atoms with E-state index in [9.17, 15) is 0 Å². The summed E-state index contributed by atoms with van der Waals surface area (Å²) in [5.74, 6) is 1.57. The zero-order chi connectivity index (χ0) is 12.4. The molecule has 1 aromatic carbocycles. The van der Waals surface area contributed by atoms with Gasteiger partial charge in [0.05, 0.1) is 13.2 Å². The van der Waals surface area contributed by atoms with E-state index in [1.54, 1.807) is 13.3 Å². The summed E-state index contributed by atoms with van der Waals surface area (Å²) in [6, 6.07) is 5.47. The summed E-state index contributed by atoms with van der Waals surface area (Å²) >= 11 is 3.44. The van der Waals surface area contributed by atoms with Gasteiger partial charge in [-0.2, -0.15) is 0 Å². The third-order valence-corrected chi connectivity index (χ3v) is 3.16. The Labute approximate surface area is 109 Å². The monoisotopic (exact) mass is 295 g/mol. The van der Waals surface area contributed by atoms with Crippen molar-refractivity contribution in [3.63, 3.8) is 0 Å².